The lowest BCUT2D eigenvalue weighted by molar-refractivity contribution is 0.242. The Morgan fingerprint density at radius 1 is 1.06 bits per heavy atom. The summed E-state index contributed by atoms with van der Waals surface area (Å²) in [5, 5.41) is 0. The molecule has 6 rings (SSSR count). The maximum Gasteiger partial charge on any atom is 0.330 e. The Kier molecular flexibility index (Phi) is 4.10. The third-order valence-corrected chi connectivity index (χ3v) is 5.89. The van der Waals surface area contributed by atoms with E-state index in [1.165, 1.54) is 44.4 Å². The van der Waals surface area contributed by atoms with Crippen LogP contribution in [-0.2, 0) is 7.05 Å². The minimum Gasteiger partial charge on any atom is -0.490 e. The normalized spacial score (nSPS) is 15.7. The van der Waals surface area contributed by atoms with E-state index in [2.05, 4.69) is 15.0 Å². The molecule has 0 fully saturated rings. The number of aryl methyl sites for hydroxylation is 1. The Balaban J connectivity index is 1.60. The van der Waals surface area contributed by atoms with Gasteiger partial charge in [0.25, 0.3) is 0 Å². The molecule has 4 heterocycles. The first-order chi connectivity index (χ1) is 15.9. The molecular formula is C22H15F3N6O2. The van der Waals surface area contributed by atoms with Gasteiger partial charge >= 0.3 is 5.69 Å². The Morgan fingerprint density at radius 2 is 1.91 bits per heavy atom. The van der Waals surface area contributed by atoms with Gasteiger partial charge in [0.15, 0.2) is 17.2 Å². The molecule has 2 aromatic carbocycles. The van der Waals surface area contributed by atoms with Crippen LogP contribution in [0.2, 0.25) is 0 Å². The molecule has 0 radical (unpaired) electrons. The van der Waals surface area contributed by atoms with Crippen LogP contribution in [0.4, 0.5) is 13.2 Å². The molecule has 1 aliphatic rings. The summed E-state index contributed by atoms with van der Waals surface area (Å²) in [5.74, 6) is -1.94. The van der Waals surface area contributed by atoms with E-state index in [-0.39, 0.29) is 29.5 Å². The van der Waals surface area contributed by atoms with Crippen LogP contribution < -0.4 is 10.4 Å². The number of benzene rings is 2. The van der Waals surface area contributed by atoms with E-state index >= 15 is 0 Å². The molecule has 0 saturated carbocycles. The van der Waals surface area contributed by atoms with E-state index in [4.69, 9.17) is 4.74 Å². The van der Waals surface area contributed by atoms with Crippen LogP contribution in [-0.4, -0.2) is 35.3 Å². The maximum absolute atomic E-state index is 14.3. The number of ether oxygens (including phenoxy) is 1. The zero-order valence-electron chi connectivity index (χ0n) is 17.2. The molecule has 33 heavy (non-hydrogen) atoms. The highest BCUT2D eigenvalue weighted by Gasteiger charge is 2.30. The molecule has 1 aliphatic heterocycles. The lowest BCUT2D eigenvalue weighted by atomic mass is 10.00. The maximum atomic E-state index is 14.3. The molecule has 0 amide bonds. The largest absolute Gasteiger partial charge is 0.490 e. The minimum absolute atomic E-state index is 0.0816. The molecule has 166 valence electrons. The van der Waals surface area contributed by atoms with Crippen molar-refractivity contribution in [1.29, 1.82) is 0 Å². The summed E-state index contributed by atoms with van der Waals surface area (Å²) in [6, 6.07) is 5.38. The lowest BCUT2D eigenvalue weighted by Crippen LogP contribution is -2.30. The van der Waals surface area contributed by atoms with Gasteiger partial charge in [-0.05, 0) is 18.2 Å². The van der Waals surface area contributed by atoms with Gasteiger partial charge in [0.2, 0.25) is 5.95 Å². The van der Waals surface area contributed by atoms with E-state index in [9.17, 15) is 18.0 Å². The first-order valence-corrected chi connectivity index (χ1v) is 10.1. The predicted octanol–water partition coefficient (Wildman–Crippen LogP) is 3.26. The smallest absolute Gasteiger partial charge is 0.330 e. The van der Waals surface area contributed by atoms with Crippen molar-refractivity contribution in [3.8, 4) is 11.7 Å². The molecule has 1 unspecified atom stereocenters. The van der Waals surface area contributed by atoms with E-state index in [1.807, 2.05) is 0 Å². The van der Waals surface area contributed by atoms with E-state index in [0.29, 0.717) is 23.0 Å². The van der Waals surface area contributed by atoms with Crippen molar-refractivity contribution in [1.82, 2.24) is 28.7 Å². The van der Waals surface area contributed by atoms with Crippen LogP contribution in [0.5, 0.6) is 5.75 Å². The van der Waals surface area contributed by atoms with Gasteiger partial charge in [-0.25, -0.2) is 27.9 Å². The second-order valence-electron chi connectivity index (χ2n) is 7.80. The van der Waals surface area contributed by atoms with Gasteiger partial charge in [-0.15, -0.1) is 0 Å². The van der Waals surface area contributed by atoms with Gasteiger partial charge in [0, 0.05) is 31.2 Å². The zero-order valence-corrected chi connectivity index (χ0v) is 17.2. The third kappa shape index (κ3) is 2.85. The molecule has 0 spiro atoms. The van der Waals surface area contributed by atoms with Gasteiger partial charge in [-0.2, -0.15) is 4.98 Å². The van der Waals surface area contributed by atoms with Gasteiger partial charge in [-0.3, -0.25) is 13.7 Å². The lowest BCUT2D eigenvalue weighted by Gasteiger charge is -2.27. The highest BCUT2D eigenvalue weighted by atomic mass is 19.1. The van der Waals surface area contributed by atoms with Crippen LogP contribution in [0.1, 0.15) is 18.0 Å². The van der Waals surface area contributed by atoms with Crippen molar-refractivity contribution in [3.05, 3.63) is 76.4 Å². The number of aromatic nitrogens is 6. The highest BCUT2D eigenvalue weighted by Crippen LogP contribution is 2.37. The number of rotatable bonds is 2. The van der Waals surface area contributed by atoms with E-state index < -0.39 is 29.2 Å². The first-order valence-electron chi connectivity index (χ1n) is 10.1. The van der Waals surface area contributed by atoms with E-state index in [0.717, 1.165) is 6.07 Å². The fourth-order valence-electron chi connectivity index (χ4n) is 4.34. The summed E-state index contributed by atoms with van der Waals surface area (Å²) in [4.78, 5) is 26.3. The molecule has 0 bridgehead atoms. The summed E-state index contributed by atoms with van der Waals surface area (Å²) >= 11 is 0. The average Bonchev–Trinajstić information content (AvgIpc) is 3.32. The quantitative estimate of drug-likeness (QED) is 0.411. The molecule has 0 saturated heterocycles. The van der Waals surface area contributed by atoms with Gasteiger partial charge in [-0.1, -0.05) is 0 Å². The van der Waals surface area contributed by atoms with Crippen LogP contribution in [0.3, 0.4) is 0 Å². The van der Waals surface area contributed by atoms with Gasteiger partial charge < -0.3 is 4.74 Å². The topological polar surface area (TPSA) is 79.8 Å². The second kappa shape index (κ2) is 6.92. The molecule has 11 heteroatoms. The molecule has 0 N–H and O–H groups in total. The minimum atomic E-state index is -0.829. The second-order valence-corrected chi connectivity index (χ2v) is 7.80. The summed E-state index contributed by atoms with van der Waals surface area (Å²) in [7, 11) is 1.57. The molecule has 8 nitrogen and oxygen atoms in total. The SMILES string of the molecule is Cn1c(=O)n(C2CCOc3c(F)cc(F)cc32)c2nc(-n3cnc4ccc(F)cc43)ncc21. The van der Waals surface area contributed by atoms with Gasteiger partial charge in [0.1, 0.15) is 23.5 Å². The molecule has 5 aromatic rings. The van der Waals surface area contributed by atoms with Crippen molar-refractivity contribution in [3.63, 3.8) is 0 Å². The highest BCUT2D eigenvalue weighted by molar-refractivity contribution is 5.77. The van der Waals surface area contributed by atoms with Crippen molar-refractivity contribution in [2.75, 3.05) is 6.61 Å². The monoisotopic (exact) mass is 452 g/mol. The van der Waals surface area contributed by atoms with Crippen molar-refractivity contribution < 1.29 is 17.9 Å². The van der Waals surface area contributed by atoms with Crippen LogP contribution in [0.15, 0.2) is 47.7 Å². The average molecular weight is 452 g/mol. The number of nitrogens with zero attached hydrogens (tertiary/aromatic N) is 6. The summed E-state index contributed by atoms with van der Waals surface area (Å²) < 4.78 is 51.9. The molecule has 3 aromatic heterocycles. The number of hydrogen-bond donors (Lipinski definition) is 0. The first kappa shape index (κ1) is 19.5. The third-order valence-electron chi connectivity index (χ3n) is 5.89. The number of imidazole rings is 2. The number of fused-ring (bicyclic) bond motifs is 3. The number of hydrogen-bond acceptors (Lipinski definition) is 5. The molecule has 1 atom stereocenters. The van der Waals surface area contributed by atoms with Crippen LogP contribution >= 0.6 is 0 Å². The summed E-state index contributed by atoms with van der Waals surface area (Å²) in [6.45, 7) is 0.145. The fourth-order valence-corrected chi connectivity index (χ4v) is 4.34. The molecule has 0 aliphatic carbocycles. The van der Waals surface area contributed by atoms with Crippen molar-refractivity contribution in [2.45, 2.75) is 12.5 Å². The molecular weight excluding hydrogens is 437 g/mol. The Bertz CT molecular complexity index is 1640. The summed E-state index contributed by atoms with van der Waals surface area (Å²) in [5.41, 5.74) is 1.52. The Hall–Kier alpha value is -4.15. The van der Waals surface area contributed by atoms with Crippen LogP contribution in [0, 0.1) is 17.5 Å². The fraction of sp³-hybridized carbons (Fsp3) is 0.182. The predicted molar refractivity (Wildman–Crippen MR) is 112 cm³/mol. The zero-order chi connectivity index (χ0) is 22.9. The Labute approximate surface area is 183 Å². The Morgan fingerprint density at radius 3 is 2.76 bits per heavy atom. The number of halogens is 3. The van der Waals surface area contributed by atoms with Crippen LogP contribution in [0.25, 0.3) is 28.1 Å². The van der Waals surface area contributed by atoms with Gasteiger partial charge in [0.05, 0.1) is 29.9 Å². The van der Waals surface area contributed by atoms with Crippen molar-refractivity contribution >= 4 is 22.2 Å². The van der Waals surface area contributed by atoms with E-state index in [1.54, 1.807) is 13.1 Å². The standard InChI is InChI=1S/C22H15F3N6O2/c1-29-18-9-26-21(30-10-27-15-3-2-11(23)8-17(15)30)28-20(18)31(22(29)32)16-4-5-33-19-13(16)6-12(24)7-14(19)25/h2-3,6-10,16H,4-5H2,1H3. The van der Waals surface area contributed by atoms with Crippen molar-refractivity contribution in [2.24, 2.45) is 7.05 Å². The summed E-state index contributed by atoms with van der Waals surface area (Å²) in [6.07, 6.45) is 3.26.